The summed E-state index contributed by atoms with van der Waals surface area (Å²) in [5.41, 5.74) is 14.3. The highest BCUT2D eigenvalue weighted by molar-refractivity contribution is 6.11. The van der Waals surface area contributed by atoms with Gasteiger partial charge in [0.25, 0.3) is 0 Å². The summed E-state index contributed by atoms with van der Waals surface area (Å²) in [6, 6.07) is 0. The Morgan fingerprint density at radius 1 is 1.04 bits per heavy atom. The summed E-state index contributed by atoms with van der Waals surface area (Å²) in [6.45, 7) is 16.2. The number of aliphatic imine (C=N–C) groups is 2. The van der Waals surface area contributed by atoms with Gasteiger partial charge >= 0.3 is 5.97 Å². The van der Waals surface area contributed by atoms with Gasteiger partial charge in [-0.25, -0.2) is 0 Å². The SMILES string of the molecule is CCCCOC(CCC)c1c2[nH]c(c1C)C=C1N=C(C3CC(=O)c4c3[nH]c(c4C)CC3=NC(=C(C)C3CC)C2)[C@@H](CCC(=O)OC)C1C. The van der Waals surface area contributed by atoms with Crippen molar-refractivity contribution >= 4 is 29.3 Å². The van der Waals surface area contributed by atoms with Crippen LogP contribution in [0.15, 0.2) is 27.0 Å². The number of carbonyl (C=O) groups is 2. The molecule has 1 aliphatic carbocycles. The Morgan fingerprint density at radius 2 is 1.83 bits per heavy atom. The first kappa shape index (κ1) is 34.3. The van der Waals surface area contributed by atoms with Gasteiger partial charge in [0.2, 0.25) is 0 Å². The van der Waals surface area contributed by atoms with Gasteiger partial charge in [-0.1, -0.05) is 40.5 Å². The number of fused-ring (bicyclic) bond motifs is 6. The van der Waals surface area contributed by atoms with Gasteiger partial charge in [-0.3, -0.25) is 19.6 Å². The van der Waals surface area contributed by atoms with Crippen LogP contribution in [0.3, 0.4) is 0 Å². The van der Waals surface area contributed by atoms with Crippen molar-refractivity contribution in [3.05, 3.63) is 62.0 Å². The number of ketones is 1. The second kappa shape index (κ2) is 14.1. The molecule has 48 heavy (non-hydrogen) atoms. The molecule has 2 N–H and O–H groups in total. The van der Waals surface area contributed by atoms with E-state index in [-0.39, 0.29) is 41.5 Å². The topological polar surface area (TPSA) is 109 Å². The van der Waals surface area contributed by atoms with E-state index < -0.39 is 0 Å². The second-order valence-corrected chi connectivity index (χ2v) is 14.4. The molecule has 5 atom stereocenters. The second-order valence-electron chi connectivity index (χ2n) is 14.4. The van der Waals surface area contributed by atoms with Crippen molar-refractivity contribution in [2.24, 2.45) is 27.7 Å². The average molecular weight is 655 g/mol. The van der Waals surface area contributed by atoms with Crippen LogP contribution in [0.4, 0.5) is 0 Å². The van der Waals surface area contributed by atoms with E-state index in [1.807, 2.05) is 0 Å². The number of rotatable bonds is 11. The lowest BCUT2D eigenvalue weighted by molar-refractivity contribution is -0.140. The summed E-state index contributed by atoms with van der Waals surface area (Å²) in [7, 11) is 1.44. The largest absolute Gasteiger partial charge is 0.469 e. The number of Topliss-reactive ketones (excluding diaryl/α,β-unsaturated/α-hetero) is 1. The Labute approximate surface area is 286 Å². The van der Waals surface area contributed by atoms with Crippen molar-refractivity contribution in [3.63, 3.8) is 0 Å². The zero-order valence-corrected chi connectivity index (χ0v) is 30.3. The van der Waals surface area contributed by atoms with Crippen molar-refractivity contribution in [1.29, 1.82) is 0 Å². The predicted molar refractivity (Wildman–Crippen MR) is 192 cm³/mol. The first-order valence-corrected chi connectivity index (χ1v) is 18.3. The molecule has 4 aliphatic rings. The number of nitrogens with zero attached hydrogens (tertiary/aromatic N) is 2. The Balaban J connectivity index is 1.54. The van der Waals surface area contributed by atoms with E-state index in [0.29, 0.717) is 25.7 Å². The molecule has 0 spiro atoms. The molecule has 0 radical (unpaired) electrons. The molecular formula is C40H54N4O4. The van der Waals surface area contributed by atoms with E-state index in [1.54, 1.807) is 0 Å². The summed E-state index contributed by atoms with van der Waals surface area (Å²) in [4.78, 5) is 44.3. The van der Waals surface area contributed by atoms with Crippen LogP contribution in [0.5, 0.6) is 0 Å². The number of allylic oxidation sites excluding steroid dienone is 3. The van der Waals surface area contributed by atoms with Crippen molar-refractivity contribution in [1.82, 2.24) is 9.97 Å². The van der Waals surface area contributed by atoms with Gasteiger partial charge in [-0.2, -0.15) is 0 Å². The zero-order chi connectivity index (χ0) is 34.3. The Morgan fingerprint density at radius 3 is 2.54 bits per heavy atom. The number of esters is 1. The maximum absolute atomic E-state index is 13.6. The van der Waals surface area contributed by atoms with Gasteiger partial charge in [0.1, 0.15) is 0 Å². The van der Waals surface area contributed by atoms with Crippen LogP contribution < -0.4 is 0 Å². The normalized spacial score (nSPS) is 23.8. The fourth-order valence-corrected chi connectivity index (χ4v) is 8.71. The molecule has 8 bridgehead atoms. The molecule has 2 aromatic heterocycles. The summed E-state index contributed by atoms with van der Waals surface area (Å²) in [5.74, 6) is 0.197. The van der Waals surface area contributed by atoms with Gasteiger partial charge < -0.3 is 19.4 Å². The standard InChI is InChI=1S/C40H54N4O4/c1-9-12-16-48-35(13-10-2)37-23(6)30-18-29-22(5)26(14-15-36(46)47-8)39(43-29)27-17-34(45)38-24(7)31(44-40(27)38)19-32-25(11-3)21(4)28(41-32)20-33(37)42-30/h18,22,25-27,35,42,44H,9-17,19-20H2,1-8H3/t22?,25?,26-,27?,35?/m0/s1. The number of hydrogen-bond donors (Lipinski definition) is 2. The van der Waals surface area contributed by atoms with Gasteiger partial charge in [0, 0.05) is 113 Å². The minimum Gasteiger partial charge on any atom is -0.469 e. The van der Waals surface area contributed by atoms with Crippen LogP contribution in [0.25, 0.3) is 6.08 Å². The first-order valence-electron chi connectivity index (χ1n) is 18.3. The van der Waals surface area contributed by atoms with E-state index in [0.717, 1.165) is 90.4 Å². The highest BCUT2D eigenvalue weighted by Gasteiger charge is 2.44. The minimum atomic E-state index is -0.219. The van der Waals surface area contributed by atoms with Crippen LogP contribution in [0.2, 0.25) is 0 Å². The molecule has 2 aromatic rings. The van der Waals surface area contributed by atoms with Crippen LogP contribution in [0, 0.1) is 31.6 Å². The number of methoxy groups -OCH3 is 1. The molecule has 6 rings (SSSR count). The molecule has 0 aromatic carbocycles. The summed E-state index contributed by atoms with van der Waals surface area (Å²) in [5, 5.41) is 0. The summed E-state index contributed by atoms with van der Waals surface area (Å²) in [6.07, 6.45) is 10.1. The van der Waals surface area contributed by atoms with Crippen molar-refractivity contribution in [2.75, 3.05) is 13.7 Å². The number of hydrogen-bond acceptors (Lipinski definition) is 6. The van der Waals surface area contributed by atoms with Crippen molar-refractivity contribution in [2.45, 2.75) is 125 Å². The Hall–Kier alpha value is -3.52. The highest BCUT2D eigenvalue weighted by Crippen LogP contribution is 2.46. The minimum absolute atomic E-state index is 0.00484. The number of carbonyl (C=O) groups excluding carboxylic acids is 2. The molecular weight excluding hydrogens is 600 g/mol. The van der Waals surface area contributed by atoms with Gasteiger partial charge in [-0.15, -0.1) is 0 Å². The molecule has 0 fully saturated rings. The number of nitrogens with one attached hydrogen (secondary N) is 2. The van der Waals surface area contributed by atoms with Crippen LogP contribution >= 0.6 is 0 Å². The monoisotopic (exact) mass is 654 g/mol. The van der Waals surface area contributed by atoms with Crippen molar-refractivity contribution in [3.8, 4) is 0 Å². The number of aromatic nitrogens is 2. The van der Waals surface area contributed by atoms with E-state index in [4.69, 9.17) is 19.5 Å². The lowest BCUT2D eigenvalue weighted by Crippen LogP contribution is -2.23. The highest BCUT2D eigenvalue weighted by atomic mass is 16.5. The zero-order valence-electron chi connectivity index (χ0n) is 30.3. The quantitative estimate of drug-likeness (QED) is 0.186. The van der Waals surface area contributed by atoms with E-state index in [2.05, 4.69) is 64.5 Å². The molecule has 0 amide bonds. The lowest BCUT2D eigenvalue weighted by Gasteiger charge is -2.21. The Kier molecular flexibility index (Phi) is 10.1. The maximum Gasteiger partial charge on any atom is 0.305 e. The smallest absolute Gasteiger partial charge is 0.305 e. The third-order valence-electron chi connectivity index (χ3n) is 11.5. The van der Waals surface area contributed by atoms with Crippen LogP contribution in [-0.2, 0) is 27.1 Å². The number of H-pyrrole nitrogens is 2. The molecule has 258 valence electrons. The van der Waals surface area contributed by atoms with Gasteiger partial charge in [0.05, 0.1) is 13.2 Å². The molecule has 3 aliphatic heterocycles. The number of unbranched alkanes of at least 4 members (excludes halogenated alkanes) is 1. The number of aromatic amines is 2. The molecule has 0 saturated heterocycles. The third kappa shape index (κ3) is 6.10. The summed E-state index contributed by atoms with van der Waals surface area (Å²) < 4.78 is 11.7. The first-order chi connectivity index (χ1) is 23.1. The van der Waals surface area contributed by atoms with Gasteiger partial charge in [-0.05, 0) is 69.2 Å². The van der Waals surface area contributed by atoms with E-state index >= 15 is 0 Å². The van der Waals surface area contributed by atoms with Crippen LogP contribution in [-0.4, -0.2) is 46.9 Å². The average Bonchev–Trinajstić information content (AvgIpc) is 3.82. The van der Waals surface area contributed by atoms with E-state index in [1.165, 1.54) is 35.2 Å². The molecule has 0 saturated carbocycles. The Bertz CT molecular complexity index is 1720. The fourth-order valence-electron chi connectivity index (χ4n) is 8.71. The molecule has 5 heterocycles. The summed E-state index contributed by atoms with van der Waals surface area (Å²) >= 11 is 0. The van der Waals surface area contributed by atoms with Gasteiger partial charge in [0.15, 0.2) is 5.78 Å². The number of ether oxygens (including phenoxy) is 2. The van der Waals surface area contributed by atoms with E-state index in [9.17, 15) is 9.59 Å². The molecule has 4 unspecified atom stereocenters. The maximum atomic E-state index is 13.6. The van der Waals surface area contributed by atoms with Crippen LogP contribution in [0.1, 0.15) is 148 Å². The predicted octanol–water partition coefficient (Wildman–Crippen LogP) is 8.84. The lowest BCUT2D eigenvalue weighted by atomic mass is 9.81. The fraction of sp³-hybridized carbons (Fsp3) is 0.600. The van der Waals surface area contributed by atoms with Crippen molar-refractivity contribution < 1.29 is 19.1 Å². The molecule has 8 heteroatoms. The molecule has 8 nitrogen and oxygen atoms in total. The third-order valence-corrected chi connectivity index (χ3v) is 11.5.